The Labute approximate surface area is 204 Å². The van der Waals surface area contributed by atoms with Crippen LogP contribution in [0.3, 0.4) is 0 Å². The summed E-state index contributed by atoms with van der Waals surface area (Å²) in [5.74, 6) is -1.46. The van der Waals surface area contributed by atoms with Gasteiger partial charge in [-0.25, -0.2) is 3.97 Å². The average Bonchev–Trinajstić information content (AvgIpc) is 2.76. The van der Waals surface area contributed by atoms with Gasteiger partial charge in [0.1, 0.15) is 12.3 Å². The van der Waals surface area contributed by atoms with Gasteiger partial charge in [-0.1, -0.05) is 103 Å². The molecule has 0 saturated carbocycles. The maximum atomic E-state index is 11.6. The molecule has 0 amide bonds. The van der Waals surface area contributed by atoms with Crippen molar-refractivity contribution in [2.75, 3.05) is 19.4 Å². The summed E-state index contributed by atoms with van der Waals surface area (Å²) in [5.41, 5.74) is -1.07. The Morgan fingerprint density at radius 1 is 0.848 bits per heavy atom. The van der Waals surface area contributed by atoms with E-state index in [2.05, 4.69) is 10.9 Å². The highest BCUT2D eigenvalue weighted by molar-refractivity contribution is 7.98. The first-order chi connectivity index (χ1) is 15.8. The number of carboxylic acids is 1. The molecular weight excluding hydrogens is 467 g/mol. The fourth-order valence-corrected chi connectivity index (χ4v) is 5.24. The lowest BCUT2D eigenvalue weighted by atomic mass is 10.0. The topological polar surface area (TPSA) is 134 Å². The van der Waals surface area contributed by atoms with Crippen LogP contribution in [0.25, 0.3) is 0 Å². The molecule has 2 unspecified atom stereocenters. The molecule has 0 aliphatic carbocycles. The van der Waals surface area contributed by atoms with Gasteiger partial charge >= 0.3 is 13.6 Å². The summed E-state index contributed by atoms with van der Waals surface area (Å²) in [6.45, 7) is 1.96. The van der Waals surface area contributed by atoms with Crippen LogP contribution < -0.4 is 0 Å². The number of aliphatic hydroxyl groups excluding tert-OH is 2. The summed E-state index contributed by atoms with van der Waals surface area (Å²) in [5, 5.41) is 27.5. The zero-order valence-corrected chi connectivity index (χ0v) is 22.1. The quantitative estimate of drug-likeness (QED) is 0.0510. The van der Waals surface area contributed by atoms with Gasteiger partial charge in [-0.3, -0.25) is 9.36 Å². The molecule has 0 aromatic heterocycles. The molecule has 0 fully saturated rings. The summed E-state index contributed by atoms with van der Waals surface area (Å²) >= 11 is 0.383. The number of aliphatic carboxylic acids is 1. The van der Waals surface area contributed by atoms with Crippen LogP contribution >= 0.6 is 19.6 Å². The molecule has 0 aromatic rings. The van der Waals surface area contributed by atoms with E-state index in [4.69, 9.17) is 14.9 Å². The summed E-state index contributed by atoms with van der Waals surface area (Å²) in [4.78, 5) is 20.0. The molecule has 10 heteroatoms. The fraction of sp³-hybridized carbons (Fsp3) is 0.957. The maximum Gasteiger partial charge on any atom is 0.350 e. The third-order valence-corrected chi connectivity index (χ3v) is 7.96. The minimum Gasteiger partial charge on any atom is -0.481 e. The van der Waals surface area contributed by atoms with Crippen molar-refractivity contribution in [1.82, 2.24) is 0 Å². The molecule has 3 atom stereocenters. The van der Waals surface area contributed by atoms with E-state index in [-0.39, 0.29) is 0 Å². The Balaban J connectivity index is 3.64. The van der Waals surface area contributed by atoms with E-state index in [1.54, 1.807) is 0 Å². The van der Waals surface area contributed by atoms with E-state index in [9.17, 15) is 19.4 Å². The number of aliphatic hydroxyl groups is 2. The predicted octanol–water partition coefficient (Wildman–Crippen LogP) is 5.88. The molecule has 0 aliphatic rings. The van der Waals surface area contributed by atoms with Gasteiger partial charge in [0.25, 0.3) is 0 Å². The molecule has 0 saturated heterocycles. The van der Waals surface area contributed by atoms with Crippen LogP contribution in [-0.4, -0.2) is 57.1 Å². The molecule has 0 rings (SSSR count). The number of ether oxygens (including phenoxy) is 1. The molecule has 0 spiro atoms. The van der Waals surface area contributed by atoms with Crippen molar-refractivity contribution >= 4 is 25.6 Å². The zero-order valence-electron chi connectivity index (χ0n) is 20.4. The standard InChI is InChI=1S/C23H47O8PS/c1-2-3-4-5-6-7-8-9-10-11-12-13-14-15-16-17-18-30-23(21(25)19-24)33-31-32(28,29)20-22(26)27/h21,23-25H,2-20H2,1H3,(H,26,27)(H,28,29)/t21-,23?/m0/s1. The molecule has 4 N–H and O–H groups in total. The molecular formula is C23H47O8PS. The van der Waals surface area contributed by atoms with Gasteiger partial charge in [0, 0.05) is 18.6 Å². The summed E-state index contributed by atoms with van der Waals surface area (Å²) in [6.07, 6.45) is 17.8. The minimum atomic E-state index is -4.34. The van der Waals surface area contributed by atoms with Crippen molar-refractivity contribution in [1.29, 1.82) is 0 Å². The summed E-state index contributed by atoms with van der Waals surface area (Å²) in [7, 11) is -4.34. The van der Waals surface area contributed by atoms with Crippen LogP contribution in [0.2, 0.25) is 0 Å². The first-order valence-corrected chi connectivity index (χ1v) is 15.2. The zero-order chi connectivity index (χ0) is 24.8. The molecule has 0 bridgehead atoms. The predicted molar refractivity (Wildman–Crippen MR) is 133 cm³/mol. The second kappa shape index (κ2) is 22.3. The van der Waals surface area contributed by atoms with Gasteiger partial charge in [0.2, 0.25) is 0 Å². The minimum absolute atomic E-state index is 0.311. The van der Waals surface area contributed by atoms with Crippen molar-refractivity contribution in [3.05, 3.63) is 0 Å². The van der Waals surface area contributed by atoms with E-state index in [0.29, 0.717) is 18.6 Å². The Hall–Kier alpha value is -0.150. The van der Waals surface area contributed by atoms with Crippen molar-refractivity contribution in [3.8, 4) is 0 Å². The van der Waals surface area contributed by atoms with Gasteiger partial charge in [0.15, 0.2) is 5.44 Å². The van der Waals surface area contributed by atoms with Crippen molar-refractivity contribution in [3.63, 3.8) is 0 Å². The van der Waals surface area contributed by atoms with E-state index in [0.717, 1.165) is 19.3 Å². The highest BCUT2D eigenvalue weighted by Crippen LogP contribution is 2.47. The van der Waals surface area contributed by atoms with Crippen molar-refractivity contribution < 1.29 is 38.3 Å². The summed E-state index contributed by atoms with van der Waals surface area (Å²) in [6, 6.07) is 0. The third kappa shape index (κ3) is 22.1. The Morgan fingerprint density at radius 2 is 1.27 bits per heavy atom. The van der Waals surface area contributed by atoms with Crippen molar-refractivity contribution in [2.45, 2.75) is 121 Å². The van der Waals surface area contributed by atoms with Crippen LogP contribution in [0.5, 0.6) is 0 Å². The number of hydrogen-bond acceptors (Lipinski definition) is 7. The largest absolute Gasteiger partial charge is 0.481 e. The summed E-state index contributed by atoms with van der Waals surface area (Å²) < 4.78 is 21.7. The molecule has 0 radical (unpaired) electrons. The molecule has 0 aromatic carbocycles. The lowest BCUT2D eigenvalue weighted by Gasteiger charge is -2.21. The number of hydrogen-bond donors (Lipinski definition) is 4. The second-order valence-electron chi connectivity index (χ2n) is 8.65. The number of carbonyl (C=O) groups is 1. The molecule has 0 aliphatic heterocycles. The highest BCUT2D eigenvalue weighted by Gasteiger charge is 2.29. The lowest BCUT2D eigenvalue weighted by molar-refractivity contribution is -0.134. The third-order valence-electron chi connectivity index (χ3n) is 5.37. The van der Waals surface area contributed by atoms with E-state index >= 15 is 0 Å². The van der Waals surface area contributed by atoms with Crippen molar-refractivity contribution in [2.24, 2.45) is 0 Å². The Bertz CT molecular complexity index is 509. The van der Waals surface area contributed by atoms with Gasteiger partial charge < -0.3 is 24.9 Å². The molecule has 198 valence electrons. The maximum absolute atomic E-state index is 11.6. The van der Waals surface area contributed by atoms with E-state index in [1.165, 1.54) is 83.5 Å². The number of carboxylic acid groups (broad SMARTS) is 1. The van der Waals surface area contributed by atoms with E-state index in [1.807, 2.05) is 0 Å². The van der Waals surface area contributed by atoms with Crippen LogP contribution in [0.1, 0.15) is 110 Å². The van der Waals surface area contributed by atoms with Crippen LogP contribution in [0.15, 0.2) is 0 Å². The van der Waals surface area contributed by atoms with Gasteiger partial charge in [-0.15, -0.1) is 0 Å². The average molecular weight is 515 g/mol. The monoisotopic (exact) mass is 514 g/mol. The lowest BCUT2D eigenvalue weighted by Crippen LogP contribution is -2.30. The number of unbranched alkanes of at least 4 members (excludes halogenated alkanes) is 15. The molecule has 0 heterocycles. The number of rotatable bonds is 25. The molecule has 33 heavy (non-hydrogen) atoms. The fourth-order valence-electron chi connectivity index (χ4n) is 3.45. The van der Waals surface area contributed by atoms with Gasteiger partial charge in [-0.05, 0) is 6.42 Å². The first kappa shape index (κ1) is 32.8. The van der Waals surface area contributed by atoms with Crippen LogP contribution in [0, 0.1) is 0 Å². The smallest absolute Gasteiger partial charge is 0.350 e. The molecule has 8 nitrogen and oxygen atoms in total. The highest BCUT2D eigenvalue weighted by atomic mass is 32.2. The normalized spacial score (nSPS) is 15.3. The van der Waals surface area contributed by atoms with Gasteiger partial charge in [0.05, 0.1) is 6.61 Å². The van der Waals surface area contributed by atoms with Crippen LogP contribution in [-0.2, 0) is 18.1 Å². The SMILES string of the molecule is CCCCCCCCCCCCCCCCCCOC(SOP(=O)(O)CC(=O)O)[C@@H](O)CO. The van der Waals surface area contributed by atoms with Crippen LogP contribution in [0.4, 0.5) is 0 Å². The first-order valence-electron chi connectivity index (χ1n) is 12.6. The van der Waals surface area contributed by atoms with E-state index < -0.39 is 37.9 Å². The Morgan fingerprint density at radius 3 is 1.67 bits per heavy atom. The Kier molecular flexibility index (Phi) is 22.2. The van der Waals surface area contributed by atoms with Gasteiger partial charge in [-0.2, -0.15) is 0 Å². The second-order valence-corrected chi connectivity index (χ2v) is 11.5.